The van der Waals surface area contributed by atoms with E-state index in [0.717, 1.165) is 6.42 Å². The number of carbonyl (C=O) groups is 4. The monoisotopic (exact) mass is 270 g/mol. The molecule has 0 saturated carbocycles. The minimum absolute atomic E-state index is 0.00337. The first-order valence-electron chi connectivity index (χ1n) is 6.38. The molecule has 7 nitrogen and oxygen atoms in total. The van der Waals surface area contributed by atoms with Gasteiger partial charge in [0.25, 0.3) is 11.8 Å². The fourth-order valence-corrected chi connectivity index (χ4v) is 1.55. The summed E-state index contributed by atoms with van der Waals surface area (Å²) in [6, 6.07) is 0. The van der Waals surface area contributed by atoms with Crippen molar-refractivity contribution >= 4 is 23.7 Å². The van der Waals surface area contributed by atoms with Crippen LogP contribution in [0.1, 0.15) is 45.4 Å². The second kappa shape index (κ2) is 7.50. The predicted molar refractivity (Wildman–Crippen MR) is 64.3 cm³/mol. The molecule has 0 bridgehead atoms. The highest BCUT2D eigenvalue weighted by Crippen LogP contribution is 2.13. The lowest BCUT2D eigenvalue weighted by Gasteiger charge is -2.12. The largest absolute Gasteiger partial charge is 0.356 e. The molecule has 1 N–H and O–H groups in total. The number of amides is 3. The van der Waals surface area contributed by atoms with Gasteiger partial charge in [0.1, 0.15) is 0 Å². The summed E-state index contributed by atoms with van der Waals surface area (Å²) in [6.45, 7) is 2.56. The standard InChI is InChI=1S/C12H18N2O5/c1-2-8-13-9(15)4-3-5-12(18)19-14-10(16)6-7-11(14)17/h2-8H2,1H3,(H,13,15). The quantitative estimate of drug-likeness (QED) is 0.671. The molecular formula is C12H18N2O5. The van der Waals surface area contributed by atoms with Crippen LogP contribution in [0.2, 0.25) is 0 Å². The summed E-state index contributed by atoms with van der Waals surface area (Å²) in [5.41, 5.74) is 0. The zero-order valence-electron chi connectivity index (χ0n) is 10.9. The molecular weight excluding hydrogens is 252 g/mol. The third-order valence-corrected chi connectivity index (χ3v) is 2.56. The maximum absolute atomic E-state index is 11.4. The zero-order chi connectivity index (χ0) is 14.3. The normalized spacial score (nSPS) is 14.7. The second-order valence-electron chi connectivity index (χ2n) is 4.25. The lowest BCUT2D eigenvalue weighted by Crippen LogP contribution is -2.32. The Balaban J connectivity index is 2.19. The van der Waals surface area contributed by atoms with E-state index in [9.17, 15) is 19.2 Å². The Morgan fingerprint density at radius 1 is 1.21 bits per heavy atom. The highest BCUT2D eigenvalue weighted by Gasteiger charge is 2.32. The summed E-state index contributed by atoms with van der Waals surface area (Å²) in [5.74, 6) is -1.80. The number of nitrogens with one attached hydrogen (secondary N) is 1. The summed E-state index contributed by atoms with van der Waals surface area (Å²) in [7, 11) is 0. The lowest BCUT2D eigenvalue weighted by atomic mass is 10.2. The predicted octanol–water partition coefficient (Wildman–Crippen LogP) is 0.290. The van der Waals surface area contributed by atoms with E-state index in [1.165, 1.54) is 0 Å². The fraction of sp³-hybridized carbons (Fsp3) is 0.667. The zero-order valence-corrected chi connectivity index (χ0v) is 10.9. The van der Waals surface area contributed by atoms with Gasteiger partial charge in [-0.05, 0) is 12.8 Å². The van der Waals surface area contributed by atoms with Crippen LogP contribution in [0.15, 0.2) is 0 Å². The van der Waals surface area contributed by atoms with Crippen molar-refractivity contribution in [2.45, 2.75) is 45.4 Å². The van der Waals surface area contributed by atoms with Crippen LogP contribution in [-0.2, 0) is 24.0 Å². The maximum Gasteiger partial charge on any atom is 0.333 e. The summed E-state index contributed by atoms with van der Waals surface area (Å²) in [5, 5.41) is 3.20. The van der Waals surface area contributed by atoms with Gasteiger partial charge in [-0.3, -0.25) is 14.4 Å². The van der Waals surface area contributed by atoms with Crippen molar-refractivity contribution in [1.29, 1.82) is 0 Å². The van der Waals surface area contributed by atoms with E-state index in [0.29, 0.717) is 18.0 Å². The van der Waals surface area contributed by atoms with Crippen LogP contribution in [0.25, 0.3) is 0 Å². The van der Waals surface area contributed by atoms with Gasteiger partial charge in [0, 0.05) is 32.2 Å². The summed E-state index contributed by atoms with van der Waals surface area (Å²) < 4.78 is 0. The third-order valence-electron chi connectivity index (χ3n) is 2.56. The van der Waals surface area contributed by atoms with Crippen LogP contribution in [0.5, 0.6) is 0 Å². The Kier molecular flexibility index (Phi) is 5.98. The molecule has 1 heterocycles. The molecule has 0 aromatic heterocycles. The number of hydrogen-bond acceptors (Lipinski definition) is 5. The van der Waals surface area contributed by atoms with Crippen molar-refractivity contribution in [2.75, 3.05) is 6.54 Å². The van der Waals surface area contributed by atoms with Crippen LogP contribution in [0.3, 0.4) is 0 Å². The van der Waals surface area contributed by atoms with E-state index in [4.69, 9.17) is 0 Å². The molecule has 0 atom stereocenters. The van der Waals surface area contributed by atoms with Gasteiger partial charge in [-0.2, -0.15) is 0 Å². The second-order valence-corrected chi connectivity index (χ2v) is 4.25. The average Bonchev–Trinajstić information content (AvgIpc) is 2.68. The number of nitrogens with zero attached hydrogens (tertiary/aromatic N) is 1. The Morgan fingerprint density at radius 2 is 1.84 bits per heavy atom. The highest BCUT2D eigenvalue weighted by atomic mass is 16.7. The molecule has 0 radical (unpaired) electrons. The molecule has 7 heteroatoms. The van der Waals surface area contributed by atoms with E-state index < -0.39 is 17.8 Å². The summed E-state index contributed by atoms with van der Waals surface area (Å²) in [6.07, 6.45) is 1.54. The van der Waals surface area contributed by atoms with Gasteiger partial charge in [0.15, 0.2) is 0 Å². The average molecular weight is 270 g/mol. The Labute approximate surface area is 111 Å². The number of imide groups is 1. The molecule has 19 heavy (non-hydrogen) atoms. The minimum atomic E-state index is -0.674. The third kappa shape index (κ3) is 5.07. The smallest absolute Gasteiger partial charge is 0.333 e. The maximum atomic E-state index is 11.4. The number of hydroxylamine groups is 2. The van der Waals surface area contributed by atoms with Crippen LogP contribution in [0, 0.1) is 0 Å². The first-order valence-corrected chi connectivity index (χ1v) is 6.38. The van der Waals surface area contributed by atoms with Crippen LogP contribution < -0.4 is 5.32 Å². The summed E-state index contributed by atoms with van der Waals surface area (Å²) in [4.78, 5) is 49.7. The number of rotatable bonds is 7. The molecule has 3 amide bonds. The van der Waals surface area contributed by atoms with Gasteiger partial charge in [-0.1, -0.05) is 6.92 Å². The van der Waals surface area contributed by atoms with E-state index in [1.807, 2.05) is 6.92 Å². The Hall–Kier alpha value is -1.92. The van der Waals surface area contributed by atoms with E-state index in [1.54, 1.807) is 0 Å². The van der Waals surface area contributed by atoms with E-state index in [2.05, 4.69) is 10.2 Å². The Morgan fingerprint density at radius 3 is 2.42 bits per heavy atom. The molecule has 0 aromatic rings. The Bertz CT molecular complexity index is 364. The van der Waals surface area contributed by atoms with Gasteiger partial charge in [-0.25, -0.2) is 4.79 Å². The van der Waals surface area contributed by atoms with Crippen LogP contribution >= 0.6 is 0 Å². The molecule has 106 valence electrons. The molecule has 0 aliphatic carbocycles. The van der Waals surface area contributed by atoms with E-state index >= 15 is 0 Å². The topological polar surface area (TPSA) is 92.8 Å². The van der Waals surface area contributed by atoms with Gasteiger partial charge < -0.3 is 10.2 Å². The molecule has 1 aliphatic heterocycles. The molecule has 1 aliphatic rings. The van der Waals surface area contributed by atoms with Gasteiger partial charge in [0.2, 0.25) is 5.91 Å². The van der Waals surface area contributed by atoms with Crippen molar-refractivity contribution in [3.05, 3.63) is 0 Å². The molecule has 1 fully saturated rings. The fourth-order valence-electron chi connectivity index (χ4n) is 1.55. The highest BCUT2D eigenvalue weighted by molar-refractivity contribution is 6.01. The molecule has 1 rings (SSSR count). The first-order chi connectivity index (χ1) is 9.04. The van der Waals surface area contributed by atoms with Gasteiger partial charge in [0.05, 0.1) is 0 Å². The SMILES string of the molecule is CCCNC(=O)CCCC(=O)ON1C(=O)CCC1=O. The molecule has 0 spiro atoms. The van der Waals surface area contributed by atoms with Crippen molar-refractivity contribution in [1.82, 2.24) is 10.4 Å². The van der Waals surface area contributed by atoms with Crippen molar-refractivity contribution in [3.8, 4) is 0 Å². The van der Waals surface area contributed by atoms with Crippen LogP contribution in [-0.4, -0.2) is 35.3 Å². The minimum Gasteiger partial charge on any atom is -0.356 e. The van der Waals surface area contributed by atoms with Crippen molar-refractivity contribution in [3.63, 3.8) is 0 Å². The van der Waals surface area contributed by atoms with Crippen molar-refractivity contribution in [2.24, 2.45) is 0 Å². The molecule has 0 unspecified atom stereocenters. The van der Waals surface area contributed by atoms with Crippen molar-refractivity contribution < 1.29 is 24.0 Å². The number of carbonyl (C=O) groups excluding carboxylic acids is 4. The van der Waals surface area contributed by atoms with Gasteiger partial charge in [-0.15, -0.1) is 5.06 Å². The van der Waals surface area contributed by atoms with Gasteiger partial charge >= 0.3 is 5.97 Å². The summed E-state index contributed by atoms with van der Waals surface area (Å²) >= 11 is 0. The lowest BCUT2D eigenvalue weighted by molar-refractivity contribution is -0.197. The number of hydrogen-bond donors (Lipinski definition) is 1. The van der Waals surface area contributed by atoms with E-state index in [-0.39, 0.29) is 31.6 Å². The van der Waals surface area contributed by atoms with Crippen LogP contribution in [0.4, 0.5) is 0 Å². The molecule has 0 aromatic carbocycles. The molecule has 1 saturated heterocycles. The first kappa shape index (κ1) is 15.1.